The zero-order valence-electron chi connectivity index (χ0n) is 16.6. The molecule has 3 aromatic heterocycles. The average molecular weight is 411 g/mol. The summed E-state index contributed by atoms with van der Waals surface area (Å²) in [4.78, 5) is 19.1. The van der Waals surface area contributed by atoms with Crippen molar-refractivity contribution in [3.8, 4) is 6.07 Å². The van der Waals surface area contributed by atoms with E-state index in [1.807, 2.05) is 35.2 Å². The number of halogens is 1. The maximum Gasteiger partial charge on any atom is 0.207 e. The SMILES string of the molecule is N#Cc1ccc2nc(CNc3ncnc(N4CCc5ncccc5C4)c3F)ccc2c1. The molecule has 0 atom stereocenters. The van der Waals surface area contributed by atoms with Crippen LogP contribution in [0.3, 0.4) is 0 Å². The molecule has 0 unspecified atom stereocenters. The van der Waals surface area contributed by atoms with Gasteiger partial charge in [0.15, 0.2) is 11.6 Å². The van der Waals surface area contributed by atoms with E-state index < -0.39 is 5.82 Å². The lowest BCUT2D eigenvalue weighted by Gasteiger charge is -2.29. The van der Waals surface area contributed by atoms with Gasteiger partial charge in [0.25, 0.3) is 0 Å². The van der Waals surface area contributed by atoms with Crippen LogP contribution in [0.15, 0.2) is 55.0 Å². The number of rotatable bonds is 4. The predicted octanol–water partition coefficient (Wildman–Crippen LogP) is 3.61. The van der Waals surface area contributed by atoms with Gasteiger partial charge in [-0.3, -0.25) is 9.97 Å². The van der Waals surface area contributed by atoms with Gasteiger partial charge >= 0.3 is 0 Å². The van der Waals surface area contributed by atoms with Crippen molar-refractivity contribution >= 4 is 22.5 Å². The number of pyridine rings is 2. The Labute approximate surface area is 178 Å². The molecule has 1 aromatic carbocycles. The number of benzene rings is 1. The minimum Gasteiger partial charge on any atom is -0.362 e. The molecule has 0 aliphatic carbocycles. The lowest BCUT2D eigenvalue weighted by Crippen LogP contribution is -2.32. The summed E-state index contributed by atoms with van der Waals surface area (Å²) >= 11 is 0. The van der Waals surface area contributed by atoms with E-state index in [1.54, 1.807) is 18.3 Å². The van der Waals surface area contributed by atoms with Crippen molar-refractivity contribution in [3.63, 3.8) is 0 Å². The van der Waals surface area contributed by atoms with Crippen LogP contribution in [0, 0.1) is 17.1 Å². The molecule has 0 saturated heterocycles. The summed E-state index contributed by atoms with van der Waals surface area (Å²) in [5, 5.41) is 12.9. The molecule has 7 nitrogen and oxygen atoms in total. The Morgan fingerprint density at radius 3 is 2.97 bits per heavy atom. The molecule has 0 amide bonds. The van der Waals surface area contributed by atoms with Crippen LogP contribution in [-0.2, 0) is 19.5 Å². The fourth-order valence-corrected chi connectivity index (χ4v) is 3.76. The summed E-state index contributed by atoms with van der Waals surface area (Å²) in [5.74, 6) is -0.0551. The second-order valence-corrected chi connectivity index (χ2v) is 7.32. The molecular weight excluding hydrogens is 393 g/mol. The number of nitrogens with one attached hydrogen (secondary N) is 1. The molecule has 1 N–H and O–H groups in total. The number of fused-ring (bicyclic) bond motifs is 2. The first kappa shape index (κ1) is 18.9. The van der Waals surface area contributed by atoms with Crippen LogP contribution in [0.1, 0.15) is 22.5 Å². The lowest BCUT2D eigenvalue weighted by atomic mass is 10.1. The molecule has 0 radical (unpaired) electrons. The van der Waals surface area contributed by atoms with Crippen LogP contribution >= 0.6 is 0 Å². The number of anilines is 2. The molecule has 4 heterocycles. The van der Waals surface area contributed by atoms with Gasteiger partial charge < -0.3 is 10.2 Å². The Morgan fingerprint density at radius 1 is 1.13 bits per heavy atom. The van der Waals surface area contributed by atoms with Crippen LogP contribution in [0.4, 0.5) is 16.0 Å². The zero-order valence-corrected chi connectivity index (χ0v) is 16.6. The second-order valence-electron chi connectivity index (χ2n) is 7.32. The van der Waals surface area contributed by atoms with E-state index in [2.05, 4.69) is 31.3 Å². The minimum atomic E-state index is -0.478. The zero-order chi connectivity index (χ0) is 21.2. The van der Waals surface area contributed by atoms with Crippen LogP contribution in [0.2, 0.25) is 0 Å². The van der Waals surface area contributed by atoms with E-state index in [4.69, 9.17) is 5.26 Å². The maximum absolute atomic E-state index is 15.2. The van der Waals surface area contributed by atoms with Gasteiger partial charge in [-0.2, -0.15) is 9.65 Å². The largest absolute Gasteiger partial charge is 0.362 e. The molecule has 152 valence electrons. The third kappa shape index (κ3) is 3.73. The maximum atomic E-state index is 15.2. The summed E-state index contributed by atoms with van der Waals surface area (Å²) in [7, 11) is 0. The lowest BCUT2D eigenvalue weighted by molar-refractivity contribution is 0.594. The Morgan fingerprint density at radius 2 is 2.06 bits per heavy atom. The number of hydrogen-bond donors (Lipinski definition) is 1. The highest BCUT2D eigenvalue weighted by atomic mass is 19.1. The minimum absolute atomic E-state index is 0.142. The molecule has 0 bridgehead atoms. The summed E-state index contributed by atoms with van der Waals surface area (Å²) in [6.45, 7) is 1.53. The average Bonchev–Trinajstić information content (AvgIpc) is 2.82. The van der Waals surface area contributed by atoms with E-state index in [9.17, 15) is 0 Å². The first-order valence-corrected chi connectivity index (χ1v) is 9.93. The van der Waals surface area contributed by atoms with Gasteiger partial charge in [-0.25, -0.2) is 9.97 Å². The first-order valence-electron chi connectivity index (χ1n) is 9.93. The fourth-order valence-electron chi connectivity index (χ4n) is 3.76. The van der Waals surface area contributed by atoms with Gasteiger partial charge in [0.1, 0.15) is 6.33 Å². The second kappa shape index (κ2) is 7.95. The van der Waals surface area contributed by atoms with Crippen LogP contribution in [0.5, 0.6) is 0 Å². The molecule has 4 aromatic rings. The monoisotopic (exact) mass is 411 g/mol. The molecule has 0 fully saturated rings. The van der Waals surface area contributed by atoms with Crippen LogP contribution in [0.25, 0.3) is 10.9 Å². The van der Waals surface area contributed by atoms with E-state index in [0.717, 1.165) is 34.3 Å². The van der Waals surface area contributed by atoms with E-state index in [-0.39, 0.29) is 11.6 Å². The molecular formula is C23H18FN7. The van der Waals surface area contributed by atoms with Crippen molar-refractivity contribution in [2.24, 2.45) is 0 Å². The van der Waals surface area contributed by atoms with Crippen molar-refractivity contribution in [2.45, 2.75) is 19.5 Å². The molecule has 8 heteroatoms. The van der Waals surface area contributed by atoms with E-state index in [1.165, 1.54) is 6.33 Å². The van der Waals surface area contributed by atoms with Gasteiger partial charge in [0, 0.05) is 36.8 Å². The van der Waals surface area contributed by atoms with Gasteiger partial charge in [-0.15, -0.1) is 0 Å². The van der Waals surface area contributed by atoms with Crippen molar-refractivity contribution in [2.75, 3.05) is 16.8 Å². The summed E-state index contributed by atoms with van der Waals surface area (Å²) in [6, 6.07) is 15.1. The van der Waals surface area contributed by atoms with Crippen LogP contribution < -0.4 is 10.2 Å². The highest BCUT2D eigenvalue weighted by Crippen LogP contribution is 2.26. The van der Waals surface area contributed by atoms with Gasteiger partial charge in [-0.05, 0) is 35.9 Å². The van der Waals surface area contributed by atoms with Crippen molar-refractivity contribution < 1.29 is 4.39 Å². The highest BCUT2D eigenvalue weighted by molar-refractivity contribution is 5.80. The smallest absolute Gasteiger partial charge is 0.207 e. The molecule has 0 spiro atoms. The third-order valence-corrected chi connectivity index (χ3v) is 5.35. The Kier molecular flexibility index (Phi) is 4.84. The fraction of sp³-hybridized carbons (Fsp3) is 0.174. The Hall–Kier alpha value is -4.12. The highest BCUT2D eigenvalue weighted by Gasteiger charge is 2.22. The first-order chi connectivity index (χ1) is 15.2. The number of aromatic nitrogens is 4. The molecule has 0 saturated carbocycles. The molecule has 31 heavy (non-hydrogen) atoms. The molecule has 1 aliphatic heterocycles. The number of nitrogens with zero attached hydrogens (tertiary/aromatic N) is 6. The third-order valence-electron chi connectivity index (χ3n) is 5.35. The number of hydrogen-bond acceptors (Lipinski definition) is 7. The Balaban J connectivity index is 1.34. The summed E-state index contributed by atoms with van der Waals surface area (Å²) in [6.07, 6.45) is 3.90. The van der Waals surface area contributed by atoms with Crippen molar-refractivity contribution in [1.29, 1.82) is 5.26 Å². The standard InChI is InChI=1S/C23H18FN7/c24-21-22(27-12-18-5-4-16-10-15(11-25)3-6-20(16)30-18)28-14-29-23(21)31-9-7-19-17(13-31)2-1-8-26-19/h1-6,8,10,14H,7,9,12-13H2,(H,27,28,29). The summed E-state index contributed by atoms with van der Waals surface area (Å²) in [5.41, 5.74) is 4.25. The van der Waals surface area contributed by atoms with Gasteiger partial charge in [0.2, 0.25) is 5.82 Å². The molecule has 5 rings (SSSR count). The van der Waals surface area contributed by atoms with Crippen molar-refractivity contribution in [3.05, 3.63) is 83.3 Å². The topological polar surface area (TPSA) is 90.6 Å². The summed E-state index contributed by atoms with van der Waals surface area (Å²) < 4.78 is 15.2. The number of nitriles is 1. The quantitative estimate of drug-likeness (QED) is 0.549. The van der Waals surface area contributed by atoms with Gasteiger partial charge in [0.05, 0.1) is 29.4 Å². The van der Waals surface area contributed by atoms with E-state index in [0.29, 0.717) is 25.2 Å². The van der Waals surface area contributed by atoms with Gasteiger partial charge in [-0.1, -0.05) is 12.1 Å². The van der Waals surface area contributed by atoms with Crippen LogP contribution in [-0.4, -0.2) is 26.5 Å². The normalized spacial score (nSPS) is 13.0. The molecule has 1 aliphatic rings. The predicted molar refractivity (Wildman–Crippen MR) is 115 cm³/mol. The van der Waals surface area contributed by atoms with E-state index >= 15 is 4.39 Å². The Bertz CT molecular complexity index is 1320. The van der Waals surface area contributed by atoms with Crippen molar-refractivity contribution in [1.82, 2.24) is 19.9 Å².